The SMILES string of the molecule is Br.O=C(CSc1oc(-c2ccccc2)nc1[P+](c1ccccc1)(c1ccccc1)c1ccccc1)c1ccccc1. The van der Waals surface area contributed by atoms with Gasteiger partial charge >= 0.3 is 0 Å². The number of nitrogens with zero attached hydrogens (tertiary/aromatic N) is 1. The van der Waals surface area contributed by atoms with Crippen molar-refractivity contribution in [1.29, 1.82) is 0 Å². The first-order valence-corrected chi connectivity index (χ1v) is 15.9. The molecule has 0 aliphatic heterocycles. The molecule has 0 radical (unpaired) electrons. The molecule has 1 aromatic heterocycles. The lowest BCUT2D eigenvalue weighted by Gasteiger charge is -2.25. The second-order valence-corrected chi connectivity index (χ2v) is 13.5. The zero-order chi connectivity index (χ0) is 27.2. The molecule has 0 bridgehead atoms. The molecule has 0 amide bonds. The average molecular weight is 638 g/mol. The number of Topliss-reactive ketones (excluding diaryl/α,β-unsaturated/α-hetero) is 1. The van der Waals surface area contributed by atoms with Crippen molar-refractivity contribution in [3.63, 3.8) is 0 Å². The van der Waals surface area contributed by atoms with Gasteiger partial charge in [0, 0.05) is 11.1 Å². The van der Waals surface area contributed by atoms with Crippen LogP contribution in [0.25, 0.3) is 11.5 Å². The smallest absolute Gasteiger partial charge is 0.251 e. The summed E-state index contributed by atoms with van der Waals surface area (Å²) in [5.74, 6) is 0.855. The van der Waals surface area contributed by atoms with Gasteiger partial charge in [-0.2, -0.15) is 4.98 Å². The van der Waals surface area contributed by atoms with E-state index in [1.165, 1.54) is 27.7 Å². The Morgan fingerprint density at radius 3 is 1.49 bits per heavy atom. The molecule has 0 N–H and O–H groups in total. The topological polar surface area (TPSA) is 43.1 Å². The Morgan fingerprint density at radius 1 is 0.610 bits per heavy atom. The first-order chi connectivity index (χ1) is 19.8. The second kappa shape index (κ2) is 13.3. The maximum absolute atomic E-state index is 13.2. The molecular weight excluding hydrogens is 609 g/mol. The van der Waals surface area contributed by atoms with Gasteiger partial charge in [0.15, 0.2) is 13.0 Å². The Kier molecular flexibility index (Phi) is 9.31. The molecule has 0 fully saturated rings. The molecule has 0 unspecified atom stereocenters. The maximum atomic E-state index is 13.2. The highest BCUT2D eigenvalue weighted by Crippen LogP contribution is 2.56. The molecular formula is C35H28BrNO2PS+. The Hall–Kier alpha value is -3.76. The lowest BCUT2D eigenvalue weighted by Crippen LogP contribution is -2.40. The van der Waals surface area contributed by atoms with E-state index in [4.69, 9.17) is 9.40 Å². The predicted octanol–water partition coefficient (Wildman–Crippen LogP) is 7.51. The van der Waals surface area contributed by atoms with E-state index < -0.39 is 7.26 Å². The zero-order valence-corrected chi connectivity index (χ0v) is 25.6. The fraction of sp³-hybridized carbons (Fsp3) is 0.0286. The summed E-state index contributed by atoms with van der Waals surface area (Å²) < 4.78 is 6.59. The fourth-order valence-electron chi connectivity index (χ4n) is 4.92. The fourth-order valence-corrected chi connectivity index (χ4v) is 10.3. The molecule has 202 valence electrons. The van der Waals surface area contributed by atoms with Crippen molar-refractivity contribution >= 4 is 63.1 Å². The third kappa shape index (κ3) is 5.85. The van der Waals surface area contributed by atoms with Crippen molar-refractivity contribution in [3.8, 4) is 11.5 Å². The summed E-state index contributed by atoms with van der Waals surface area (Å²) >= 11 is 1.43. The van der Waals surface area contributed by atoms with Gasteiger partial charge in [-0.15, -0.1) is 17.0 Å². The summed E-state index contributed by atoms with van der Waals surface area (Å²) in [4.78, 5) is 18.5. The Labute approximate surface area is 255 Å². The van der Waals surface area contributed by atoms with Crippen LogP contribution in [0, 0.1) is 0 Å². The molecule has 0 saturated carbocycles. The van der Waals surface area contributed by atoms with Crippen molar-refractivity contribution in [1.82, 2.24) is 4.98 Å². The molecule has 0 atom stereocenters. The summed E-state index contributed by atoms with van der Waals surface area (Å²) in [6.45, 7) is 0. The number of ketones is 1. The molecule has 41 heavy (non-hydrogen) atoms. The van der Waals surface area contributed by atoms with Crippen LogP contribution in [0.3, 0.4) is 0 Å². The van der Waals surface area contributed by atoms with Crippen LogP contribution in [-0.2, 0) is 0 Å². The van der Waals surface area contributed by atoms with Crippen molar-refractivity contribution in [2.24, 2.45) is 0 Å². The third-order valence-electron chi connectivity index (χ3n) is 6.78. The van der Waals surface area contributed by atoms with E-state index in [0.29, 0.717) is 16.5 Å². The van der Waals surface area contributed by atoms with E-state index in [-0.39, 0.29) is 28.5 Å². The van der Waals surface area contributed by atoms with Crippen molar-refractivity contribution in [2.45, 2.75) is 5.09 Å². The molecule has 1 heterocycles. The van der Waals surface area contributed by atoms with Crippen LogP contribution < -0.4 is 21.3 Å². The highest BCUT2D eigenvalue weighted by molar-refractivity contribution is 8.93. The molecule has 0 aliphatic carbocycles. The van der Waals surface area contributed by atoms with E-state index in [9.17, 15) is 4.79 Å². The van der Waals surface area contributed by atoms with Gasteiger partial charge in [-0.25, -0.2) is 0 Å². The molecule has 6 rings (SSSR count). The summed E-state index contributed by atoms with van der Waals surface area (Å²) in [5.41, 5.74) is 2.47. The van der Waals surface area contributed by atoms with Crippen molar-refractivity contribution < 1.29 is 9.21 Å². The normalized spacial score (nSPS) is 11.0. The first-order valence-electron chi connectivity index (χ1n) is 13.1. The highest BCUT2D eigenvalue weighted by atomic mass is 79.9. The van der Waals surface area contributed by atoms with E-state index >= 15 is 0 Å². The van der Waals surface area contributed by atoms with Crippen LogP contribution in [0.2, 0.25) is 0 Å². The number of oxazole rings is 1. The molecule has 0 saturated heterocycles. The van der Waals surface area contributed by atoms with Crippen LogP contribution in [0.4, 0.5) is 0 Å². The molecule has 0 spiro atoms. The van der Waals surface area contributed by atoms with Crippen LogP contribution in [-0.4, -0.2) is 16.5 Å². The number of hydrogen-bond acceptors (Lipinski definition) is 4. The number of rotatable bonds is 9. The Morgan fingerprint density at radius 2 is 1.02 bits per heavy atom. The number of carbonyl (C=O) groups is 1. The monoisotopic (exact) mass is 636 g/mol. The van der Waals surface area contributed by atoms with Gasteiger partial charge < -0.3 is 4.42 Å². The largest absolute Gasteiger partial charge is 0.425 e. The number of halogens is 1. The van der Waals surface area contributed by atoms with Crippen molar-refractivity contribution in [3.05, 3.63) is 157 Å². The molecule has 6 aromatic rings. The van der Waals surface area contributed by atoms with E-state index in [0.717, 1.165) is 11.0 Å². The van der Waals surface area contributed by atoms with Crippen LogP contribution in [0.5, 0.6) is 0 Å². The highest BCUT2D eigenvalue weighted by Gasteiger charge is 2.53. The summed E-state index contributed by atoms with van der Waals surface area (Å²) in [5, 5.41) is 4.21. The Bertz CT molecular complexity index is 1600. The number of carbonyl (C=O) groups excluding carboxylic acids is 1. The minimum atomic E-state index is -2.51. The van der Waals surface area contributed by atoms with Gasteiger partial charge in [-0.1, -0.05) is 115 Å². The lowest BCUT2D eigenvalue weighted by molar-refractivity contribution is 0.102. The summed E-state index contributed by atoms with van der Waals surface area (Å²) in [6.07, 6.45) is 0. The minimum absolute atomic E-state index is 0. The molecule has 6 heteroatoms. The first kappa shape index (κ1) is 28.8. The van der Waals surface area contributed by atoms with E-state index in [1.807, 2.05) is 78.9 Å². The van der Waals surface area contributed by atoms with Crippen molar-refractivity contribution in [2.75, 3.05) is 5.75 Å². The molecule has 3 nitrogen and oxygen atoms in total. The van der Waals surface area contributed by atoms with Gasteiger partial charge in [0.05, 0.1) is 5.75 Å². The number of aromatic nitrogens is 1. The minimum Gasteiger partial charge on any atom is -0.425 e. The van der Waals surface area contributed by atoms with Gasteiger partial charge in [0.1, 0.15) is 15.9 Å². The van der Waals surface area contributed by atoms with E-state index in [2.05, 4.69) is 72.8 Å². The van der Waals surface area contributed by atoms with Gasteiger partial charge in [-0.3, -0.25) is 4.79 Å². The molecule has 0 aliphatic rings. The number of thioether (sulfide) groups is 1. The summed E-state index contributed by atoms with van der Waals surface area (Å²) in [7, 11) is -2.51. The van der Waals surface area contributed by atoms with Gasteiger partial charge in [0.2, 0.25) is 11.0 Å². The van der Waals surface area contributed by atoms with Crippen LogP contribution in [0.15, 0.2) is 161 Å². The van der Waals surface area contributed by atoms with Crippen LogP contribution >= 0.6 is 36.0 Å². The quantitative estimate of drug-likeness (QED) is 0.0935. The maximum Gasteiger partial charge on any atom is 0.251 e. The second-order valence-electron chi connectivity index (χ2n) is 9.25. The average Bonchev–Trinajstić information content (AvgIpc) is 3.47. The zero-order valence-electron chi connectivity index (χ0n) is 22.2. The standard InChI is InChI=1S/C35H27NO2PS.BrH/c37-32(27-16-6-1-7-17-27)26-40-35-34(36-33(38-35)28-18-8-2-9-19-28)39(29-20-10-3-11-21-29,30-22-12-4-13-23-30)31-24-14-5-15-25-31;/h1-25H,26H2;1H/q+1;. The van der Waals surface area contributed by atoms with Crippen LogP contribution in [0.1, 0.15) is 10.4 Å². The molecule has 5 aromatic carbocycles. The number of hydrogen-bond donors (Lipinski definition) is 0. The Balaban J connectivity index is 0.00000337. The van der Waals surface area contributed by atoms with Gasteiger partial charge in [0.25, 0.3) is 5.44 Å². The predicted molar refractivity (Wildman–Crippen MR) is 179 cm³/mol. The number of benzene rings is 5. The lowest BCUT2D eigenvalue weighted by atomic mass is 10.2. The summed E-state index contributed by atoms with van der Waals surface area (Å²) in [6, 6.07) is 51.1. The third-order valence-corrected chi connectivity index (χ3v) is 12.0. The van der Waals surface area contributed by atoms with E-state index in [1.54, 1.807) is 0 Å². The van der Waals surface area contributed by atoms with Gasteiger partial charge in [-0.05, 0) is 48.5 Å².